The Balaban J connectivity index is 0.965. The van der Waals surface area contributed by atoms with E-state index in [1.54, 1.807) is 0 Å². The molecule has 0 unspecified atom stereocenters. The zero-order chi connectivity index (χ0) is 48.0. The van der Waals surface area contributed by atoms with E-state index in [1.807, 2.05) is 0 Å². The summed E-state index contributed by atoms with van der Waals surface area (Å²) in [4.78, 5) is 21.9. The minimum absolute atomic E-state index is 0.682. The van der Waals surface area contributed by atoms with E-state index < -0.39 is 5.41 Å². The van der Waals surface area contributed by atoms with Crippen molar-refractivity contribution in [2.75, 3.05) is 0 Å². The molecule has 4 nitrogen and oxygen atoms in total. The zero-order valence-electron chi connectivity index (χ0n) is 39.5. The Labute approximate surface area is 421 Å². The van der Waals surface area contributed by atoms with Gasteiger partial charge in [-0.1, -0.05) is 218 Å². The van der Waals surface area contributed by atoms with Gasteiger partial charge in [0, 0.05) is 33.0 Å². The highest BCUT2D eigenvalue weighted by Gasteiger charge is 2.46. The fourth-order valence-electron chi connectivity index (χ4n) is 12.1. The van der Waals surface area contributed by atoms with Crippen molar-refractivity contribution in [1.29, 1.82) is 0 Å². The molecule has 0 amide bonds. The molecule has 0 spiro atoms. The first-order chi connectivity index (χ1) is 36.2. The van der Waals surface area contributed by atoms with Crippen molar-refractivity contribution in [3.05, 3.63) is 277 Å². The van der Waals surface area contributed by atoms with E-state index in [0.717, 1.165) is 71.6 Å². The molecule has 0 saturated heterocycles. The maximum Gasteiger partial charge on any atom is 0.161 e. The van der Waals surface area contributed by atoms with Gasteiger partial charge in [0.2, 0.25) is 0 Å². The molecule has 2 heterocycles. The van der Waals surface area contributed by atoms with Crippen molar-refractivity contribution >= 4 is 64.9 Å². The number of nitrogens with zero attached hydrogens (tertiary/aromatic N) is 4. The molecule has 73 heavy (non-hydrogen) atoms. The fourth-order valence-corrected chi connectivity index (χ4v) is 12.1. The molecule has 0 radical (unpaired) electrons. The van der Waals surface area contributed by atoms with Crippen molar-refractivity contribution in [1.82, 2.24) is 19.9 Å². The molecule has 0 N–H and O–H groups in total. The van der Waals surface area contributed by atoms with Crippen LogP contribution in [0.3, 0.4) is 0 Å². The molecule has 1 aliphatic rings. The van der Waals surface area contributed by atoms with Crippen molar-refractivity contribution in [3.63, 3.8) is 0 Å². The van der Waals surface area contributed by atoms with Crippen LogP contribution in [0.25, 0.3) is 121 Å². The van der Waals surface area contributed by atoms with E-state index in [2.05, 4.69) is 255 Å². The van der Waals surface area contributed by atoms with Gasteiger partial charge in [0.1, 0.15) is 0 Å². The lowest BCUT2D eigenvalue weighted by Crippen LogP contribution is -2.28. The third kappa shape index (κ3) is 6.27. The molecular formula is C69H42N4. The summed E-state index contributed by atoms with van der Waals surface area (Å²) in [6.07, 6.45) is 0. The summed E-state index contributed by atoms with van der Waals surface area (Å²) in [5, 5.41) is 11.5. The van der Waals surface area contributed by atoms with E-state index in [1.165, 1.54) is 60.3 Å². The minimum Gasteiger partial charge on any atom is -0.228 e. The van der Waals surface area contributed by atoms with Crippen LogP contribution in [-0.2, 0) is 5.41 Å². The normalized spacial score (nSPS) is 12.8. The minimum atomic E-state index is -0.715. The monoisotopic (exact) mass is 926 g/mol. The molecule has 0 atom stereocenters. The average Bonchev–Trinajstić information content (AvgIpc) is 3.76. The summed E-state index contributed by atoms with van der Waals surface area (Å²) in [5.74, 6) is 1.38. The van der Waals surface area contributed by atoms with E-state index in [4.69, 9.17) is 19.9 Å². The van der Waals surface area contributed by atoms with Crippen molar-refractivity contribution < 1.29 is 0 Å². The molecule has 0 saturated carbocycles. The molecule has 14 aromatic rings. The average molecular weight is 927 g/mol. The fraction of sp³-hybridized carbons (Fsp3) is 0.0145. The lowest BCUT2D eigenvalue weighted by atomic mass is 9.67. The van der Waals surface area contributed by atoms with Crippen LogP contribution in [0.5, 0.6) is 0 Å². The van der Waals surface area contributed by atoms with Gasteiger partial charge in [0.25, 0.3) is 0 Å². The van der Waals surface area contributed by atoms with Crippen LogP contribution in [0.4, 0.5) is 0 Å². The zero-order valence-corrected chi connectivity index (χ0v) is 39.5. The highest BCUT2D eigenvalue weighted by atomic mass is 14.9. The van der Waals surface area contributed by atoms with Crippen molar-refractivity contribution in [2.24, 2.45) is 0 Å². The first-order valence-electron chi connectivity index (χ1n) is 25.0. The molecule has 0 bridgehead atoms. The first-order valence-corrected chi connectivity index (χ1v) is 25.0. The van der Waals surface area contributed by atoms with Crippen LogP contribution in [0.15, 0.2) is 255 Å². The summed E-state index contributed by atoms with van der Waals surface area (Å²) in [6.45, 7) is 0. The number of rotatable bonds is 6. The molecular weight excluding hydrogens is 885 g/mol. The smallest absolute Gasteiger partial charge is 0.161 e. The van der Waals surface area contributed by atoms with Gasteiger partial charge in [-0.05, 0) is 113 Å². The standard InChI is InChI=1S/C69H42N4/c1-3-21-47(22-4-1)69(48-23-5-2-6-24-48)61-41-45(65-57-31-15-17-33-63(57)71-68(72-65)60-40-44-20-8-10-26-50(44)52-28-12-14-30-54(52)60)35-37-55(61)56-38-36-46(42-62(56)69)67-70-64-34-18-16-32-58(64)66(73-67)59-39-43-19-7-9-25-49(43)51-27-11-13-29-53(51)59/h1-42H. The molecule has 0 fully saturated rings. The van der Waals surface area contributed by atoms with E-state index in [-0.39, 0.29) is 0 Å². The maximum atomic E-state index is 5.59. The second kappa shape index (κ2) is 16.2. The highest BCUT2D eigenvalue weighted by Crippen LogP contribution is 2.57. The summed E-state index contributed by atoms with van der Waals surface area (Å²) in [6, 6.07) is 91.8. The Bertz CT molecular complexity index is 4520. The summed E-state index contributed by atoms with van der Waals surface area (Å²) < 4.78 is 0. The molecule has 4 heteroatoms. The Morgan fingerprint density at radius 3 is 1.25 bits per heavy atom. The van der Waals surface area contributed by atoms with Crippen molar-refractivity contribution in [3.8, 4) is 56.4 Å². The van der Waals surface area contributed by atoms with Gasteiger partial charge in [-0.15, -0.1) is 0 Å². The van der Waals surface area contributed by atoms with E-state index >= 15 is 0 Å². The van der Waals surface area contributed by atoms with Gasteiger partial charge < -0.3 is 0 Å². The molecule has 0 aliphatic heterocycles. The molecule has 12 aromatic carbocycles. The highest BCUT2D eigenvalue weighted by molar-refractivity contribution is 6.16. The number of para-hydroxylation sites is 2. The van der Waals surface area contributed by atoms with Gasteiger partial charge in [0.15, 0.2) is 11.6 Å². The number of hydrogen-bond donors (Lipinski definition) is 0. The number of aromatic nitrogens is 4. The predicted octanol–water partition coefficient (Wildman–Crippen LogP) is 17.2. The van der Waals surface area contributed by atoms with E-state index in [0.29, 0.717) is 11.6 Å². The topological polar surface area (TPSA) is 51.6 Å². The Morgan fingerprint density at radius 2 is 0.658 bits per heavy atom. The van der Waals surface area contributed by atoms with Crippen LogP contribution in [0.2, 0.25) is 0 Å². The largest absolute Gasteiger partial charge is 0.228 e. The van der Waals surface area contributed by atoms with Gasteiger partial charge in [0.05, 0.1) is 27.8 Å². The molecule has 15 rings (SSSR count). The summed E-state index contributed by atoms with van der Waals surface area (Å²) >= 11 is 0. The SMILES string of the molecule is c1ccc(C2(c3ccccc3)c3cc(-c4nc(-c5cc6ccccc6c6ccccc56)c5ccccc5n4)ccc3-c3ccc(-c4nc(-c5cc6ccccc6c6ccccc56)nc5ccccc45)cc32)cc1. The quantitative estimate of drug-likeness (QED) is 0.156. The second-order valence-electron chi connectivity index (χ2n) is 19.2. The van der Waals surface area contributed by atoms with Crippen LogP contribution >= 0.6 is 0 Å². The molecule has 2 aromatic heterocycles. The van der Waals surface area contributed by atoms with Crippen LogP contribution < -0.4 is 0 Å². The Kier molecular flexibility index (Phi) is 9.14. The van der Waals surface area contributed by atoms with E-state index in [9.17, 15) is 0 Å². The third-order valence-corrected chi connectivity index (χ3v) is 15.3. The van der Waals surface area contributed by atoms with Crippen molar-refractivity contribution in [2.45, 2.75) is 5.41 Å². The molecule has 338 valence electrons. The number of hydrogen-bond acceptors (Lipinski definition) is 4. The maximum absolute atomic E-state index is 5.59. The van der Waals surface area contributed by atoms with Gasteiger partial charge in [-0.25, -0.2) is 19.9 Å². The summed E-state index contributed by atoms with van der Waals surface area (Å²) in [5.41, 5.74) is 14.1. The van der Waals surface area contributed by atoms with Gasteiger partial charge in [-0.3, -0.25) is 0 Å². The number of fused-ring (bicyclic) bond motifs is 11. The summed E-state index contributed by atoms with van der Waals surface area (Å²) in [7, 11) is 0. The lowest BCUT2D eigenvalue weighted by Gasteiger charge is -2.34. The van der Waals surface area contributed by atoms with Gasteiger partial charge in [-0.2, -0.15) is 0 Å². The molecule has 1 aliphatic carbocycles. The van der Waals surface area contributed by atoms with Crippen LogP contribution in [0.1, 0.15) is 22.3 Å². The lowest BCUT2D eigenvalue weighted by molar-refractivity contribution is 0.769. The predicted molar refractivity (Wildman–Crippen MR) is 302 cm³/mol. The Morgan fingerprint density at radius 1 is 0.247 bits per heavy atom. The third-order valence-electron chi connectivity index (χ3n) is 15.3. The number of benzene rings is 12. The second-order valence-corrected chi connectivity index (χ2v) is 19.2. The Hall–Kier alpha value is -9.64. The van der Waals surface area contributed by atoms with Crippen LogP contribution in [-0.4, -0.2) is 19.9 Å². The first kappa shape index (κ1) is 41.2. The van der Waals surface area contributed by atoms with Gasteiger partial charge >= 0.3 is 0 Å². The van der Waals surface area contributed by atoms with Crippen LogP contribution in [0, 0.1) is 0 Å².